The molecule has 3 aromatic rings. The summed E-state index contributed by atoms with van der Waals surface area (Å²) in [4.78, 5) is 8.52. The first kappa shape index (κ1) is 14.4. The highest BCUT2D eigenvalue weighted by Crippen LogP contribution is 2.28. The largest absolute Gasteiger partial charge is 0.474 e. The molecule has 0 N–H and O–H groups in total. The van der Waals surface area contributed by atoms with E-state index in [-0.39, 0.29) is 11.9 Å². The molecule has 0 saturated carbocycles. The van der Waals surface area contributed by atoms with E-state index < -0.39 is 0 Å². The molecule has 22 heavy (non-hydrogen) atoms. The van der Waals surface area contributed by atoms with Gasteiger partial charge in [-0.2, -0.15) is 0 Å². The molecule has 4 heteroatoms. The second-order valence-electron chi connectivity index (χ2n) is 5.25. The Labute approximate surface area is 128 Å². The maximum Gasteiger partial charge on any atom is 0.224 e. The van der Waals surface area contributed by atoms with Crippen LogP contribution in [0.25, 0.3) is 22.0 Å². The number of hydrogen-bond donors (Lipinski definition) is 0. The molecule has 1 unspecified atom stereocenters. The molecule has 1 aromatic heterocycles. The molecule has 0 bridgehead atoms. The highest BCUT2D eigenvalue weighted by Gasteiger charge is 2.09. The Morgan fingerprint density at radius 1 is 1.05 bits per heavy atom. The molecule has 0 aliphatic carbocycles. The minimum absolute atomic E-state index is 0.0903. The number of ether oxygens (including phenoxy) is 1. The van der Waals surface area contributed by atoms with E-state index in [9.17, 15) is 4.39 Å². The van der Waals surface area contributed by atoms with Gasteiger partial charge in [0.05, 0.1) is 17.0 Å². The molecule has 3 rings (SSSR count). The first-order valence-electron chi connectivity index (χ1n) is 7.34. The van der Waals surface area contributed by atoms with Crippen LogP contribution in [0.2, 0.25) is 0 Å². The SMILES string of the molecule is CCC(C)Oc1ncnc2ccc(-c3ccc(F)cc3)cc12. The Morgan fingerprint density at radius 2 is 1.77 bits per heavy atom. The van der Waals surface area contributed by atoms with E-state index in [4.69, 9.17) is 4.74 Å². The van der Waals surface area contributed by atoms with Gasteiger partial charge in [-0.05, 0) is 48.7 Å². The number of fused-ring (bicyclic) bond motifs is 1. The molecule has 2 aromatic carbocycles. The van der Waals surface area contributed by atoms with E-state index >= 15 is 0 Å². The van der Waals surface area contributed by atoms with E-state index in [2.05, 4.69) is 16.9 Å². The Morgan fingerprint density at radius 3 is 2.50 bits per heavy atom. The van der Waals surface area contributed by atoms with Gasteiger partial charge in [0.1, 0.15) is 12.1 Å². The third-order valence-corrected chi connectivity index (χ3v) is 3.66. The summed E-state index contributed by atoms with van der Waals surface area (Å²) in [6.07, 6.45) is 2.51. The van der Waals surface area contributed by atoms with Gasteiger partial charge in [-0.3, -0.25) is 0 Å². The van der Waals surface area contributed by atoms with Gasteiger partial charge < -0.3 is 4.74 Å². The number of halogens is 1. The van der Waals surface area contributed by atoms with Crippen molar-refractivity contribution in [2.45, 2.75) is 26.4 Å². The minimum atomic E-state index is -0.242. The number of benzene rings is 2. The van der Waals surface area contributed by atoms with Crippen LogP contribution in [0.3, 0.4) is 0 Å². The third-order valence-electron chi connectivity index (χ3n) is 3.66. The lowest BCUT2D eigenvalue weighted by molar-refractivity contribution is 0.211. The van der Waals surface area contributed by atoms with Gasteiger partial charge in [-0.15, -0.1) is 0 Å². The van der Waals surface area contributed by atoms with Gasteiger partial charge in [0.15, 0.2) is 0 Å². The molecule has 0 aliphatic heterocycles. The van der Waals surface area contributed by atoms with Gasteiger partial charge in [0, 0.05) is 0 Å². The van der Waals surface area contributed by atoms with Crippen LogP contribution in [0.4, 0.5) is 4.39 Å². The molecule has 0 amide bonds. The molecule has 0 saturated heterocycles. The van der Waals surface area contributed by atoms with Crippen LogP contribution in [-0.2, 0) is 0 Å². The standard InChI is InChI=1S/C18H17FN2O/c1-3-12(2)22-18-16-10-14(6-9-17(16)20-11-21-18)13-4-7-15(19)8-5-13/h4-12H,3H2,1-2H3. The monoisotopic (exact) mass is 296 g/mol. The molecule has 1 heterocycles. The minimum Gasteiger partial charge on any atom is -0.474 e. The van der Waals surface area contributed by atoms with Crippen LogP contribution in [0, 0.1) is 5.82 Å². The van der Waals surface area contributed by atoms with Crippen molar-refractivity contribution in [2.24, 2.45) is 0 Å². The lowest BCUT2D eigenvalue weighted by Crippen LogP contribution is -2.11. The van der Waals surface area contributed by atoms with Gasteiger partial charge in [-0.1, -0.05) is 25.1 Å². The molecule has 1 atom stereocenters. The second kappa shape index (κ2) is 6.10. The summed E-state index contributed by atoms with van der Waals surface area (Å²) in [7, 11) is 0. The third kappa shape index (κ3) is 2.91. The Hall–Kier alpha value is -2.49. The second-order valence-corrected chi connectivity index (χ2v) is 5.25. The van der Waals surface area contributed by atoms with Crippen LogP contribution < -0.4 is 4.74 Å². The van der Waals surface area contributed by atoms with Crippen molar-refractivity contribution < 1.29 is 9.13 Å². The van der Waals surface area contributed by atoms with Crippen molar-refractivity contribution in [3.8, 4) is 17.0 Å². The van der Waals surface area contributed by atoms with Crippen molar-refractivity contribution in [1.82, 2.24) is 9.97 Å². The molecule has 0 fully saturated rings. The first-order valence-corrected chi connectivity index (χ1v) is 7.34. The lowest BCUT2D eigenvalue weighted by Gasteiger charge is -2.13. The van der Waals surface area contributed by atoms with E-state index in [1.807, 2.05) is 25.1 Å². The number of aromatic nitrogens is 2. The maximum atomic E-state index is 13.1. The number of nitrogens with zero attached hydrogens (tertiary/aromatic N) is 2. The topological polar surface area (TPSA) is 35.0 Å². The van der Waals surface area contributed by atoms with Crippen molar-refractivity contribution >= 4 is 10.9 Å². The lowest BCUT2D eigenvalue weighted by atomic mass is 10.0. The van der Waals surface area contributed by atoms with E-state index in [0.29, 0.717) is 5.88 Å². The molecule has 3 nitrogen and oxygen atoms in total. The summed E-state index contributed by atoms with van der Waals surface area (Å²) in [5, 5.41) is 0.865. The summed E-state index contributed by atoms with van der Waals surface area (Å²) < 4.78 is 18.9. The average molecular weight is 296 g/mol. The average Bonchev–Trinajstić information content (AvgIpc) is 2.55. The highest BCUT2D eigenvalue weighted by atomic mass is 19.1. The predicted molar refractivity (Wildman–Crippen MR) is 85.3 cm³/mol. The molecule has 112 valence electrons. The zero-order valence-corrected chi connectivity index (χ0v) is 12.6. The van der Waals surface area contributed by atoms with Crippen LogP contribution in [0.1, 0.15) is 20.3 Å². The van der Waals surface area contributed by atoms with Crippen molar-refractivity contribution in [1.29, 1.82) is 0 Å². The van der Waals surface area contributed by atoms with Gasteiger partial charge in [-0.25, -0.2) is 14.4 Å². The number of rotatable bonds is 4. The summed E-state index contributed by atoms with van der Waals surface area (Å²) in [6.45, 7) is 4.08. The quantitative estimate of drug-likeness (QED) is 0.705. The van der Waals surface area contributed by atoms with Crippen LogP contribution in [0.15, 0.2) is 48.8 Å². The highest BCUT2D eigenvalue weighted by molar-refractivity contribution is 5.88. The van der Waals surface area contributed by atoms with E-state index in [1.165, 1.54) is 18.5 Å². The molecule has 0 spiro atoms. The molecule has 0 radical (unpaired) electrons. The van der Waals surface area contributed by atoms with Gasteiger partial charge >= 0.3 is 0 Å². The number of hydrogen-bond acceptors (Lipinski definition) is 3. The zero-order valence-electron chi connectivity index (χ0n) is 12.6. The Kier molecular flexibility index (Phi) is 4.00. The van der Waals surface area contributed by atoms with Gasteiger partial charge in [0.2, 0.25) is 5.88 Å². The fourth-order valence-corrected chi connectivity index (χ4v) is 2.22. The van der Waals surface area contributed by atoms with Crippen molar-refractivity contribution in [2.75, 3.05) is 0 Å². The van der Waals surface area contributed by atoms with Crippen molar-refractivity contribution in [3.05, 3.63) is 54.6 Å². The Balaban J connectivity index is 2.07. The molecular formula is C18H17FN2O. The van der Waals surface area contributed by atoms with Crippen LogP contribution in [-0.4, -0.2) is 16.1 Å². The summed E-state index contributed by atoms with van der Waals surface area (Å²) >= 11 is 0. The van der Waals surface area contributed by atoms with Gasteiger partial charge in [0.25, 0.3) is 0 Å². The summed E-state index contributed by atoms with van der Waals surface area (Å²) in [6, 6.07) is 12.3. The summed E-state index contributed by atoms with van der Waals surface area (Å²) in [5.74, 6) is 0.344. The Bertz CT molecular complexity index is 787. The fourth-order valence-electron chi connectivity index (χ4n) is 2.22. The van der Waals surface area contributed by atoms with E-state index in [1.54, 1.807) is 12.1 Å². The maximum absolute atomic E-state index is 13.1. The fraction of sp³-hybridized carbons (Fsp3) is 0.222. The van der Waals surface area contributed by atoms with Crippen molar-refractivity contribution in [3.63, 3.8) is 0 Å². The summed E-state index contributed by atoms with van der Waals surface area (Å²) in [5.41, 5.74) is 2.76. The van der Waals surface area contributed by atoms with E-state index in [0.717, 1.165) is 28.5 Å². The van der Waals surface area contributed by atoms with Crippen LogP contribution in [0.5, 0.6) is 5.88 Å². The first-order chi connectivity index (χ1) is 10.7. The zero-order chi connectivity index (χ0) is 15.5. The predicted octanol–water partition coefficient (Wildman–Crippen LogP) is 4.61. The molecule has 0 aliphatic rings. The molecular weight excluding hydrogens is 279 g/mol. The normalized spacial score (nSPS) is 12.3. The smallest absolute Gasteiger partial charge is 0.224 e. The van der Waals surface area contributed by atoms with Crippen LogP contribution >= 0.6 is 0 Å².